The molecule has 64 valence electrons. The van der Waals surface area contributed by atoms with E-state index in [9.17, 15) is 9.18 Å². The van der Waals surface area contributed by atoms with E-state index in [1.165, 1.54) is 19.1 Å². The summed E-state index contributed by atoms with van der Waals surface area (Å²) in [5.41, 5.74) is 0.241. The lowest BCUT2D eigenvalue weighted by molar-refractivity contribution is 0.0694. The van der Waals surface area contributed by atoms with Gasteiger partial charge in [0.05, 0.1) is 5.56 Å². The van der Waals surface area contributed by atoms with Gasteiger partial charge in [-0.25, -0.2) is 9.18 Å². The van der Waals surface area contributed by atoms with Gasteiger partial charge in [0.25, 0.3) is 0 Å². The minimum atomic E-state index is -1.09. The summed E-state index contributed by atoms with van der Waals surface area (Å²) in [6, 6.07) is 2.72. The van der Waals surface area contributed by atoms with Crippen molar-refractivity contribution < 1.29 is 14.3 Å². The van der Waals surface area contributed by atoms with Gasteiger partial charge in [-0.1, -0.05) is 0 Å². The van der Waals surface area contributed by atoms with Crippen molar-refractivity contribution in [2.45, 2.75) is 6.92 Å². The van der Waals surface area contributed by atoms with E-state index in [4.69, 9.17) is 5.11 Å². The van der Waals surface area contributed by atoms with E-state index in [0.29, 0.717) is 3.57 Å². The lowest BCUT2D eigenvalue weighted by Gasteiger charge is -2.03. The van der Waals surface area contributed by atoms with Crippen molar-refractivity contribution in [2.24, 2.45) is 0 Å². The lowest BCUT2D eigenvalue weighted by atomic mass is 10.1. The molecule has 0 aromatic heterocycles. The fraction of sp³-hybridized carbons (Fsp3) is 0.125. The summed E-state index contributed by atoms with van der Waals surface area (Å²) in [6.07, 6.45) is 0. The average Bonchev–Trinajstić information content (AvgIpc) is 1.97. The molecular formula is C8H6FIO2. The van der Waals surface area contributed by atoms with E-state index in [0.717, 1.165) is 0 Å². The highest BCUT2D eigenvalue weighted by Gasteiger charge is 2.14. The van der Waals surface area contributed by atoms with Crippen molar-refractivity contribution in [2.75, 3.05) is 0 Å². The number of rotatable bonds is 1. The van der Waals surface area contributed by atoms with Gasteiger partial charge in [-0.3, -0.25) is 0 Å². The molecule has 0 saturated carbocycles. The number of halogens is 2. The zero-order valence-corrected chi connectivity index (χ0v) is 8.42. The van der Waals surface area contributed by atoms with Crippen LogP contribution in [0.1, 0.15) is 15.9 Å². The molecule has 0 aliphatic rings. The summed E-state index contributed by atoms with van der Waals surface area (Å²) in [4.78, 5) is 10.6. The number of carboxylic acids is 1. The van der Waals surface area contributed by atoms with E-state index in [-0.39, 0.29) is 11.1 Å². The molecule has 0 radical (unpaired) electrons. The molecule has 0 aliphatic carbocycles. The van der Waals surface area contributed by atoms with Gasteiger partial charge in [0, 0.05) is 9.13 Å². The quantitative estimate of drug-likeness (QED) is 0.802. The molecular weight excluding hydrogens is 274 g/mol. The van der Waals surface area contributed by atoms with Gasteiger partial charge in [-0.05, 0) is 41.6 Å². The van der Waals surface area contributed by atoms with Gasteiger partial charge in [0.1, 0.15) is 5.82 Å². The predicted octanol–water partition coefficient (Wildman–Crippen LogP) is 2.44. The molecule has 0 spiro atoms. The highest BCUT2D eigenvalue weighted by molar-refractivity contribution is 14.1. The molecule has 1 aromatic carbocycles. The molecule has 1 N–H and O–H groups in total. The third-order valence-electron chi connectivity index (χ3n) is 1.56. The van der Waals surface area contributed by atoms with Crippen LogP contribution in [0.5, 0.6) is 0 Å². The Morgan fingerprint density at radius 3 is 2.58 bits per heavy atom. The van der Waals surface area contributed by atoms with Crippen LogP contribution in [-0.4, -0.2) is 11.1 Å². The van der Waals surface area contributed by atoms with Crippen molar-refractivity contribution in [1.29, 1.82) is 0 Å². The normalized spacial score (nSPS) is 9.92. The molecule has 1 aromatic rings. The van der Waals surface area contributed by atoms with Gasteiger partial charge in [-0.2, -0.15) is 0 Å². The number of benzene rings is 1. The Morgan fingerprint density at radius 2 is 2.17 bits per heavy atom. The van der Waals surface area contributed by atoms with Gasteiger partial charge in [0.15, 0.2) is 0 Å². The van der Waals surface area contributed by atoms with E-state index < -0.39 is 11.8 Å². The Hall–Kier alpha value is -0.650. The minimum absolute atomic E-state index is 0.0515. The largest absolute Gasteiger partial charge is 0.478 e. The number of carboxylic acid groups (broad SMARTS) is 1. The van der Waals surface area contributed by atoms with Gasteiger partial charge in [0.2, 0.25) is 0 Å². The predicted molar refractivity (Wildman–Crippen MR) is 50.8 cm³/mol. The van der Waals surface area contributed by atoms with Crippen LogP contribution in [0, 0.1) is 16.3 Å². The number of carbonyl (C=O) groups is 1. The first-order valence-electron chi connectivity index (χ1n) is 3.22. The van der Waals surface area contributed by atoms with Crippen molar-refractivity contribution in [3.63, 3.8) is 0 Å². The molecule has 1 rings (SSSR count). The zero-order valence-electron chi connectivity index (χ0n) is 6.27. The monoisotopic (exact) mass is 280 g/mol. The highest BCUT2D eigenvalue weighted by Crippen LogP contribution is 2.19. The maximum Gasteiger partial charge on any atom is 0.337 e. The molecule has 0 unspecified atom stereocenters. The smallest absolute Gasteiger partial charge is 0.337 e. The number of hydrogen-bond donors (Lipinski definition) is 1. The SMILES string of the molecule is Cc1c(F)ccc(I)c1C(=O)O. The van der Waals surface area contributed by atoms with Crippen LogP contribution >= 0.6 is 22.6 Å². The third-order valence-corrected chi connectivity index (χ3v) is 2.46. The molecule has 0 aliphatic heterocycles. The molecule has 0 saturated heterocycles. The first kappa shape index (κ1) is 9.44. The van der Waals surface area contributed by atoms with Gasteiger partial charge < -0.3 is 5.11 Å². The zero-order chi connectivity index (χ0) is 9.30. The molecule has 2 nitrogen and oxygen atoms in total. The van der Waals surface area contributed by atoms with E-state index in [2.05, 4.69) is 0 Å². The highest BCUT2D eigenvalue weighted by atomic mass is 127. The Labute approximate surface area is 82.5 Å². The second-order valence-corrected chi connectivity index (χ2v) is 3.50. The summed E-state index contributed by atoms with van der Waals surface area (Å²) >= 11 is 1.87. The minimum Gasteiger partial charge on any atom is -0.478 e. The maximum absolute atomic E-state index is 12.9. The van der Waals surface area contributed by atoms with Crippen LogP contribution in [0.25, 0.3) is 0 Å². The Bertz CT molecular complexity index is 336. The first-order valence-corrected chi connectivity index (χ1v) is 4.30. The maximum atomic E-state index is 12.9. The Kier molecular flexibility index (Phi) is 2.66. The molecule has 12 heavy (non-hydrogen) atoms. The van der Waals surface area contributed by atoms with E-state index >= 15 is 0 Å². The van der Waals surface area contributed by atoms with Crippen molar-refractivity contribution >= 4 is 28.6 Å². The molecule has 0 fully saturated rings. The summed E-state index contributed by atoms with van der Waals surface area (Å²) in [7, 11) is 0. The summed E-state index contributed by atoms with van der Waals surface area (Å²) in [6.45, 7) is 1.46. The molecule has 0 amide bonds. The van der Waals surface area contributed by atoms with Crippen molar-refractivity contribution in [1.82, 2.24) is 0 Å². The second kappa shape index (κ2) is 3.38. The summed E-state index contributed by atoms with van der Waals surface area (Å²) in [5, 5.41) is 8.70. The standard InChI is InChI=1S/C8H6FIO2/c1-4-5(9)2-3-6(10)7(4)8(11)12/h2-3H,1H3,(H,11,12). The second-order valence-electron chi connectivity index (χ2n) is 2.33. The topological polar surface area (TPSA) is 37.3 Å². The summed E-state index contributed by atoms with van der Waals surface area (Å²) in [5.74, 6) is -1.57. The van der Waals surface area contributed by atoms with Gasteiger partial charge >= 0.3 is 5.97 Å². The van der Waals surface area contributed by atoms with Crippen LogP contribution in [-0.2, 0) is 0 Å². The molecule has 0 bridgehead atoms. The Balaban J connectivity index is 3.43. The van der Waals surface area contributed by atoms with Crippen molar-refractivity contribution in [3.05, 3.63) is 32.6 Å². The number of hydrogen-bond acceptors (Lipinski definition) is 1. The van der Waals surface area contributed by atoms with Crippen LogP contribution in [0.2, 0.25) is 0 Å². The van der Waals surface area contributed by atoms with Gasteiger partial charge in [-0.15, -0.1) is 0 Å². The Morgan fingerprint density at radius 1 is 1.58 bits per heavy atom. The van der Waals surface area contributed by atoms with Crippen LogP contribution in [0.4, 0.5) is 4.39 Å². The summed E-state index contributed by atoms with van der Waals surface area (Å²) < 4.78 is 13.4. The van der Waals surface area contributed by atoms with E-state index in [1.807, 2.05) is 22.6 Å². The lowest BCUT2D eigenvalue weighted by Crippen LogP contribution is -2.04. The molecule has 0 heterocycles. The number of aromatic carboxylic acids is 1. The van der Waals surface area contributed by atoms with Crippen LogP contribution in [0.15, 0.2) is 12.1 Å². The van der Waals surface area contributed by atoms with Crippen molar-refractivity contribution in [3.8, 4) is 0 Å². The fourth-order valence-electron chi connectivity index (χ4n) is 0.916. The van der Waals surface area contributed by atoms with Crippen LogP contribution < -0.4 is 0 Å². The molecule has 0 atom stereocenters. The van der Waals surface area contributed by atoms with Crippen LogP contribution in [0.3, 0.4) is 0 Å². The molecule has 4 heteroatoms. The fourth-order valence-corrected chi connectivity index (χ4v) is 1.73. The van der Waals surface area contributed by atoms with E-state index in [1.54, 1.807) is 0 Å². The first-order chi connectivity index (χ1) is 5.54. The third kappa shape index (κ3) is 1.57. The average molecular weight is 280 g/mol.